The number of pyridine rings is 1. The first-order valence-corrected chi connectivity index (χ1v) is 11.6. The van der Waals surface area contributed by atoms with Crippen LogP contribution in [0, 0.1) is 0 Å². The van der Waals surface area contributed by atoms with Crippen LogP contribution in [-0.2, 0) is 0 Å². The lowest BCUT2D eigenvalue weighted by molar-refractivity contribution is 1.07. The smallest absolute Gasteiger partial charge is 0.164 e. The molecule has 0 saturated heterocycles. The van der Waals surface area contributed by atoms with Gasteiger partial charge in [0.2, 0.25) is 0 Å². The summed E-state index contributed by atoms with van der Waals surface area (Å²) in [4.78, 5) is 18.9. The Morgan fingerprint density at radius 1 is 0.457 bits per heavy atom. The van der Waals surface area contributed by atoms with Crippen molar-refractivity contribution in [3.63, 3.8) is 0 Å². The second-order valence-corrected chi connectivity index (χ2v) is 8.49. The third-order valence-corrected chi connectivity index (χ3v) is 6.18. The number of hydrogen-bond donors (Lipinski definition) is 0. The Bertz CT molecular complexity index is 1590. The minimum absolute atomic E-state index is 0.498. The molecule has 4 aromatic carbocycles. The van der Waals surface area contributed by atoms with Gasteiger partial charge in [-0.3, -0.25) is 0 Å². The average molecular weight is 471 g/mol. The van der Waals surface area contributed by atoms with Crippen LogP contribution in [-0.4, -0.2) is 19.9 Å². The molecule has 0 fully saturated rings. The average Bonchev–Trinajstić information content (AvgIpc) is 2.94. The van der Waals surface area contributed by atoms with Crippen LogP contribution in [0.1, 0.15) is 0 Å². The molecule has 35 heavy (non-hydrogen) atoms. The second kappa shape index (κ2) is 9.09. The molecule has 4 nitrogen and oxygen atoms in total. The summed E-state index contributed by atoms with van der Waals surface area (Å²) in [5.41, 5.74) is 4.81. The molecule has 0 aliphatic heterocycles. The summed E-state index contributed by atoms with van der Waals surface area (Å²) >= 11 is 6.36. The number of rotatable bonds is 4. The molecular formula is C30H19ClN4. The molecule has 0 atom stereocenters. The molecule has 0 bridgehead atoms. The first-order chi connectivity index (χ1) is 17.3. The molecule has 2 aromatic heterocycles. The molecule has 0 aliphatic rings. The number of halogens is 1. The normalized spacial score (nSPS) is 11.0. The van der Waals surface area contributed by atoms with Crippen LogP contribution in [0.5, 0.6) is 0 Å². The highest BCUT2D eigenvalue weighted by atomic mass is 35.5. The molecule has 6 rings (SSSR count). The maximum atomic E-state index is 6.36. The summed E-state index contributed by atoms with van der Waals surface area (Å²) in [6.07, 6.45) is 1.82. The predicted octanol–water partition coefficient (Wildman–Crippen LogP) is 7.74. The maximum Gasteiger partial charge on any atom is 0.164 e. The van der Waals surface area contributed by atoms with E-state index in [1.54, 1.807) is 0 Å². The van der Waals surface area contributed by atoms with Gasteiger partial charge < -0.3 is 0 Å². The Kier molecular flexibility index (Phi) is 5.49. The molecule has 0 unspecified atom stereocenters. The van der Waals surface area contributed by atoms with Gasteiger partial charge in [-0.2, -0.15) is 0 Å². The lowest BCUT2D eigenvalue weighted by atomic mass is 9.99. The summed E-state index contributed by atoms with van der Waals surface area (Å²) in [6.45, 7) is 0. The standard InChI is InChI=1S/C30H19ClN4/c31-27-25-17-8-7-16-24(25)26(19-32-27)22-14-9-15-23(18-22)30-34-28(20-10-3-1-4-11-20)33-29(35-30)21-12-5-2-6-13-21/h1-19H. The Balaban J connectivity index is 1.52. The lowest BCUT2D eigenvalue weighted by Gasteiger charge is -2.11. The van der Waals surface area contributed by atoms with Crippen LogP contribution in [0.15, 0.2) is 115 Å². The van der Waals surface area contributed by atoms with Gasteiger partial charge in [-0.15, -0.1) is 0 Å². The van der Waals surface area contributed by atoms with Crippen LogP contribution >= 0.6 is 11.6 Å². The molecular weight excluding hydrogens is 452 g/mol. The third-order valence-electron chi connectivity index (χ3n) is 5.88. The minimum atomic E-state index is 0.498. The maximum absolute atomic E-state index is 6.36. The SMILES string of the molecule is Clc1ncc(-c2cccc(-c3nc(-c4ccccc4)nc(-c4ccccc4)n3)c2)c2ccccc12. The molecule has 0 amide bonds. The van der Waals surface area contributed by atoms with E-state index in [0.717, 1.165) is 38.6 Å². The minimum Gasteiger partial charge on any atom is -0.243 e. The van der Waals surface area contributed by atoms with E-state index >= 15 is 0 Å². The van der Waals surface area contributed by atoms with Crippen LogP contribution in [0.3, 0.4) is 0 Å². The number of fused-ring (bicyclic) bond motifs is 1. The summed E-state index contributed by atoms with van der Waals surface area (Å²) in [7, 11) is 0. The number of aromatic nitrogens is 4. The molecule has 6 aromatic rings. The van der Waals surface area contributed by atoms with Gasteiger partial charge >= 0.3 is 0 Å². The van der Waals surface area contributed by atoms with Crippen molar-refractivity contribution >= 4 is 22.4 Å². The molecule has 0 N–H and O–H groups in total. The van der Waals surface area contributed by atoms with Gasteiger partial charge in [0.1, 0.15) is 5.15 Å². The fourth-order valence-corrected chi connectivity index (χ4v) is 4.37. The zero-order valence-electron chi connectivity index (χ0n) is 18.6. The summed E-state index contributed by atoms with van der Waals surface area (Å²) < 4.78 is 0. The molecule has 2 heterocycles. The highest BCUT2D eigenvalue weighted by Crippen LogP contribution is 2.33. The molecule has 5 heteroatoms. The van der Waals surface area contributed by atoms with Gasteiger partial charge in [0, 0.05) is 33.8 Å². The molecule has 0 aliphatic carbocycles. The number of nitrogens with zero attached hydrogens (tertiary/aromatic N) is 4. The van der Waals surface area contributed by atoms with E-state index in [-0.39, 0.29) is 0 Å². The monoisotopic (exact) mass is 470 g/mol. The molecule has 0 radical (unpaired) electrons. The summed E-state index contributed by atoms with van der Waals surface area (Å²) in [6, 6.07) is 36.2. The molecule has 166 valence electrons. The van der Waals surface area contributed by atoms with E-state index in [4.69, 9.17) is 26.6 Å². The molecule has 0 spiro atoms. The van der Waals surface area contributed by atoms with Crippen LogP contribution < -0.4 is 0 Å². The zero-order valence-corrected chi connectivity index (χ0v) is 19.4. The van der Waals surface area contributed by atoms with E-state index in [9.17, 15) is 0 Å². The van der Waals surface area contributed by atoms with Crippen molar-refractivity contribution in [2.75, 3.05) is 0 Å². The van der Waals surface area contributed by atoms with Gasteiger partial charge in [-0.25, -0.2) is 19.9 Å². The largest absolute Gasteiger partial charge is 0.243 e. The zero-order chi connectivity index (χ0) is 23.6. The highest BCUT2D eigenvalue weighted by Gasteiger charge is 2.14. The van der Waals surface area contributed by atoms with Gasteiger partial charge in [-0.05, 0) is 17.0 Å². The topological polar surface area (TPSA) is 51.6 Å². The van der Waals surface area contributed by atoms with Gasteiger partial charge in [0.05, 0.1) is 0 Å². The van der Waals surface area contributed by atoms with Gasteiger partial charge in [0.15, 0.2) is 17.5 Å². The van der Waals surface area contributed by atoms with Crippen molar-refractivity contribution in [3.8, 4) is 45.3 Å². The van der Waals surface area contributed by atoms with Crippen molar-refractivity contribution in [1.82, 2.24) is 19.9 Å². The number of hydrogen-bond acceptors (Lipinski definition) is 4. The van der Waals surface area contributed by atoms with E-state index in [0.29, 0.717) is 22.6 Å². The fourth-order valence-electron chi connectivity index (χ4n) is 4.15. The third kappa shape index (κ3) is 4.16. The van der Waals surface area contributed by atoms with Crippen molar-refractivity contribution in [1.29, 1.82) is 0 Å². The first kappa shape index (κ1) is 21.1. The first-order valence-electron chi connectivity index (χ1n) is 11.3. The Labute approximate surface area is 208 Å². The highest BCUT2D eigenvalue weighted by molar-refractivity contribution is 6.34. The Morgan fingerprint density at radius 3 is 1.57 bits per heavy atom. The lowest BCUT2D eigenvalue weighted by Crippen LogP contribution is -2.00. The van der Waals surface area contributed by atoms with E-state index in [2.05, 4.69) is 23.2 Å². The quantitative estimate of drug-likeness (QED) is 0.247. The van der Waals surface area contributed by atoms with Crippen molar-refractivity contribution in [2.45, 2.75) is 0 Å². The van der Waals surface area contributed by atoms with E-state index < -0.39 is 0 Å². The number of benzene rings is 4. The predicted molar refractivity (Wildman–Crippen MR) is 142 cm³/mol. The second-order valence-electron chi connectivity index (χ2n) is 8.13. The summed E-state index contributed by atoms with van der Waals surface area (Å²) in [5, 5.41) is 2.48. The van der Waals surface area contributed by atoms with E-state index in [1.165, 1.54) is 0 Å². The van der Waals surface area contributed by atoms with Gasteiger partial charge in [-0.1, -0.05) is 115 Å². The van der Waals surface area contributed by atoms with Crippen LogP contribution in [0.2, 0.25) is 5.15 Å². The Hall–Kier alpha value is -4.41. The van der Waals surface area contributed by atoms with E-state index in [1.807, 2.05) is 97.2 Å². The fraction of sp³-hybridized carbons (Fsp3) is 0. The van der Waals surface area contributed by atoms with Crippen molar-refractivity contribution in [3.05, 3.63) is 121 Å². The van der Waals surface area contributed by atoms with Crippen molar-refractivity contribution < 1.29 is 0 Å². The van der Waals surface area contributed by atoms with Crippen LogP contribution in [0.25, 0.3) is 56.1 Å². The van der Waals surface area contributed by atoms with Gasteiger partial charge in [0.25, 0.3) is 0 Å². The summed E-state index contributed by atoms with van der Waals surface area (Å²) in [5.74, 6) is 1.89. The molecule has 0 saturated carbocycles. The Morgan fingerprint density at radius 2 is 0.943 bits per heavy atom. The van der Waals surface area contributed by atoms with Crippen molar-refractivity contribution in [2.24, 2.45) is 0 Å². The van der Waals surface area contributed by atoms with Crippen LogP contribution in [0.4, 0.5) is 0 Å².